The maximum absolute atomic E-state index is 9.53. The van der Waals surface area contributed by atoms with Gasteiger partial charge in [0.2, 0.25) is 0 Å². The number of hydrogen-bond acceptors (Lipinski definition) is 2. The highest BCUT2D eigenvalue weighted by molar-refractivity contribution is 5.45. The number of hydrogen-bond donors (Lipinski definition) is 2. The highest BCUT2D eigenvalue weighted by Gasteiger charge is 2.19. The molecule has 1 aromatic rings. The summed E-state index contributed by atoms with van der Waals surface area (Å²) >= 11 is 0. The number of aliphatic hydroxyl groups is 1. The standard InChI is InChI=1S/C11H13NO/c13-11-8-4-7-10(11)12-9-5-2-1-3-6-9/h1-7,10-13H,8H2. The van der Waals surface area contributed by atoms with Gasteiger partial charge in [0.1, 0.15) is 0 Å². The first-order chi connectivity index (χ1) is 6.36. The van der Waals surface area contributed by atoms with E-state index in [0.717, 1.165) is 12.1 Å². The Kier molecular flexibility index (Phi) is 2.32. The average molecular weight is 175 g/mol. The molecule has 0 spiro atoms. The summed E-state index contributed by atoms with van der Waals surface area (Å²) in [6, 6.07) is 10.0. The number of para-hydroxylation sites is 1. The van der Waals surface area contributed by atoms with Gasteiger partial charge in [0.15, 0.2) is 0 Å². The van der Waals surface area contributed by atoms with Gasteiger partial charge in [-0.05, 0) is 18.6 Å². The molecule has 0 radical (unpaired) electrons. The molecule has 2 unspecified atom stereocenters. The molecule has 0 heterocycles. The summed E-state index contributed by atoms with van der Waals surface area (Å²) in [6.07, 6.45) is 4.49. The molecule has 2 atom stereocenters. The van der Waals surface area contributed by atoms with Crippen molar-refractivity contribution in [2.75, 3.05) is 5.32 Å². The first-order valence-electron chi connectivity index (χ1n) is 4.52. The molecule has 68 valence electrons. The highest BCUT2D eigenvalue weighted by Crippen LogP contribution is 2.16. The quantitative estimate of drug-likeness (QED) is 0.672. The summed E-state index contributed by atoms with van der Waals surface area (Å²) in [6.45, 7) is 0. The molecule has 0 aliphatic heterocycles. The molecule has 2 N–H and O–H groups in total. The summed E-state index contributed by atoms with van der Waals surface area (Å²) in [5.74, 6) is 0. The van der Waals surface area contributed by atoms with Crippen LogP contribution in [0, 0.1) is 0 Å². The molecular weight excluding hydrogens is 162 g/mol. The predicted molar refractivity (Wildman–Crippen MR) is 53.6 cm³/mol. The predicted octanol–water partition coefficient (Wildman–Crippen LogP) is 1.79. The molecule has 1 aliphatic carbocycles. The summed E-state index contributed by atoms with van der Waals surface area (Å²) in [5, 5.41) is 12.8. The first kappa shape index (κ1) is 8.32. The lowest BCUT2D eigenvalue weighted by molar-refractivity contribution is 0.179. The SMILES string of the molecule is OC1CC=CC1Nc1ccccc1. The minimum absolute atomic E-state index is 0.0717. The molecule has 2 nitrogen and oxygen atoms in total. The lowest BCUT2D eigenvalue weighted by Gasteiger charge is -2.16. The van der Waals surface area contributed by atoms with E-state index in [0.29, 0.717) is 0 Å². The van der Waals surface area contributed by atoms with Crippen LogP contribution in [0.4, 0.5) is 5.69 Å². The highest BCUT2D eigenvalue weighted by atomic mass is 16.3. The van der Waals surface area contributed by atoms with E-state index in [9.17, 15) is 5.11 Å². The van der Waals surface area contributed by atoms with Crippen LogP contribution in [-0.2, 0) is 0 Å². The van der Waals surface area contributed by atoms with E-state index in [1.807, 2.05) is 42.5 Å². The van der Waals surface area contributed by atoms with Crippen molar-refractivity contribution in [2.24, 2.45) is 0 Å². The van der Waals surface area contributed by atoms with Crippen LogP contribution in [0.25, 0.3) is 0 Å². The largest absolute Gasteiger partial charge is 0.390 e. The third kappa shape index (κ3) is 1.90. The number of aliphatic hydroxyl groups excluding tert-OH is 1. The Bertz CT molecular complexity index is 294. The second-order valence-corrected chi connectivity index (χ2v) is 3.27. The van der Waals surface area contributed by atoms with E-state index in [2.05, 4.69) is 5.32 Å². The van der Waals surface area contributed by atoms with Crippen molar-refractivity contribution in [3.05, 3.63) is 42.5 Å². The molecule has 2 heteroatoms. The van der Waals surface area contributed by atoms with Crippen molar-refractivity contribution >= 4 is 5.69 Å². The Morgan fingerprint density at radius 1 is 1.23 bits per heavy atom. The van der Waals surface area contributed by atoms with E-state index in [1.54, 1.807) is 0 Å². The van der Waals surface area contributed by atoms with Gasteiger partial charge in [-0.3, -0.25) is 0 Å². The normalized spacial score (nSPS) is 26.2. The van der Waals surface area contributed by atoms with Crippen LogP contribution in [0.3, 0.4) is 0 Å². The number of benzene rings is 1. The minimum atomic E-state index is -0.278. The van der Waals surface area contributed by atoms with E-state index >= 15 is 0 Å². The fourth-order valence-corrected chi connectivity index (χ4v) is 1.51. The lowest BCUT2D eigenvalue weighted by atomic mass is 10.2. The van der Waals surface area contributed by atoms with Crippen molar-refractivity contribution in [3.8, 4) is 0 Å². The van der Waals surface area contributed by atoms with Crippen molar-refractivity contribution < 1.29 is 5.11 Å². The molecule has 0 aromatic heterocycles. The van der Waals surface area contributed by atoms with E-state index in [4.69, 9.17) is 0 Å². The van der Waals surface area contributed by atoms with Crippen LogP contribution in [0.5, 0.6) is 0 Å². The maximum Gasteiger partial charge on any atom is 0.0811 e. The molecule has 1 aromatic carbocycles. The monoisotopic (exact) mass is 175 g/mol. The van der Waals surface area contributed by atoms with Crippen LogP contribution in [0.1, 0.15) is 6.42 Å². The zero-order valence-electron chi connectivity index (χ0n) is 7.35. The zero-order valence-corrected chi connectivity index (χ0v) is 7.35. The van der Waals surface area contributed by atoms with Gasteiger partial charge in [-0.2, -0.15) is 0 Å². The van der Waals surface area contributed by atoms with Gasteiger partial charge >= 0.3 is 0 Å². The molecule has 1 aliphatic rings. The van der Waals surface area contributed by atoms with Crippen LogP contribution in [0.2, 0.25) is 0 Å². The van der Waals surface area contributed by atoms with Crippen molar-refractivity contribution in [2.45, 2.75) is 18.6 Å². The second-order valence-electron chi connectivity index (χ2n) is 3.27. The van der Waals surface area contributed by atoms with Crippen LogP contribution in [-0.4, -0.2) is 17.3 Å². The number of rotatable bonds is 2. The second kappa shape index (κ2) is 3.62. The topological polar surface area (TPSA) is 32.3 Å². The smallest absolute Gasteiger partial charge is 0.0811 e. The van der Waals surface area contributed by atoms with Gasteiger partial charge in [-0.25, -0.2) is 0 Å². The van der Waals surface area contributed by atoms with E-state index in [1.165, 1.54) is 0 Å². The summed E-state index contributed by atoms with van der Waals surface area (Å²) in [7, 11) is 0. The Balaban J connectivity index is 2.02. The Morgan fingerprint density at radius 3 is 2.62 bits per heavy atom. The van der Waals surface area contributed by atoms with E-state index < -0.39 is 0 Å². The van der Waals surface area contributed by atoms with Crippen LogP contribution >= 0.6 is 0 Å². The molecule has 0 amide bonds. The Hall–Kier alpha value is -1.28. The Labute approximate surface area is 77.9 Å². The van der Waals surface area contributed by atoms with Crippen molar-refractivity contribution in [3.63, 3.8) is 0 Å². The van der Waals surface area contributed by atoms with Gasteiger partial charge in [-0.1, -0.05) is 30.4 Å². The molecule has 13 heavy (non-hydrogen) atoms. The molecule has 0 saturated heterocycles. The summed E-state index contributed by atoms with van der Waals surface area (Å²) < 4.78 is 0. The fraction of sp³-hybridized carbons (Fsp3) is 0.273. The van der Waals surface area contributed by atoms with Gasteiger partial charge in [0.05, 0.1) is 12.1 Å². The minimum Gasteiger partial charge on any atom is -0.390 e. The zero-order chi connectivity index (χ0) is 9.10. The maximum atomic E-state index is 9.53. The molecule has 0 bridgehead atoms. The number of anilines is 1. The summed E-state index contributed by atoms with van der Waals surface area (Å²) in [4.78, 5) is 0. The third-order valence-corrected chi connectivity index (χ3v) is 2.24. The fourth-order valence-electron chi connectivity index (χ4n) is 1.51. The average Bonchev–Trinajstić information content (AvgIpc) is 2.54. The van der Waals surface area contributed by atoms with Crippen molar-refractivity contribution in [1.82, 2.24) is 0 Å². The third-order valence-electron chi connectivity index (χ3n) is 2.24. The first-order valence-corrected chi connectivity index (χ1v) is 4.52. The number of nitrogens with one attached hydrogen (secondary N) is 1. The van der Waals surface area contributed by atoms with Crippen LogP contribution in [0.15, 0.2) is 42.5 Å². The van der Waals surface area contributed by atoms with Crippen LogP contribution < -0.4 is 5.32 Å². The Morgan fingerprint density at radius 2 is 2.00 bits per heavy atom. The van der Waals surface area contributed by atoms with Gasteiger partial charge in [-0.15, -0.1) is 0 Å². The van der Waals surface area contributed by atoms with Gasteiger partial charge in [0.25, 0.3) is 0 Å². The van der Waals surface area contributed by atoms with Gasteiger partial charge < -0.3 is 10.4 Å². The summed E-state index contributed by atoms with van der Waals surface area (Å²) in [5.41, 5.74) is 1.05. The van der Waals surface area contributed by atoms with E-state index in [-0.39, 0.29) is 12.1 Å². The molecule has 0 saturated carbocycles. The van der Waals surface area contributed by atoms with Crippen molar-refractivity contribution in [1.29, 1.82) is 0 Å². The molecule has 2 rings (SSSR count). The molecule has 0 fully saturated rings. The lowest BCUT2D eigenvalue weighted by Crippen LogP contribution is -2.27. The van der Waals surface area contributed by atoms with Gasteiger partial charge in [0, 0.05) is 5.69 Å². The molecular formula is C11H13NO.